The first-order valence-electron chi connectivity index (χ1n) is 15.5. The number of carbonyl (C=O) groups excluding carboxylic acids is 1. The van der Waals surface area contributed by atoms with Crippen molar-refractivity contribution in [3.8, 4) is 11.5 Å². The van der Waals surface area contributed by atoms with E-state index in [-0.39, 0.29) is 30.9 Å². The van der Waals surface area contributed by atoms with Crippen molar-refractivity contribution in [3.05, 3.63) is 125 Å². The number of nitrogens with zero attached hydrogens (tertiary/aromatic N) is 2. The van der Waals surface area contributed by atoms with Gasteiger partial charge in [-0.05, 0) is 83.7 Å². The number of amides is 1. The summed E-state index contributed by atoms with van der Waals surface area (Å²) in [5, 5.41) is 0.605. The Kier molecular flexibility index (Phi) is 10.9. The second-order valence-corrected chi connectivity index (χ2v) is 13.6. The van der Waals surface area contributed by atoms with Crippen molar-refractivity contribution in [3.63, 3.8) is 0 Å². The molecule has 262 valence electrons. The van der Waals surface area contributed by atoms with Crippen molar-refractivity contribution in [1.29, 1.82) is 0 Å². The first-order chi connectivity index (χ1) is 23.9. The lowest BCUT2D eigenvalue weighted by Gasteiger charge is -2.22. The zero-order valence-corrected chi connectivity index (χ0v) is 28.0. The minimum absolute atomic E-state index is 0.140. The lowest BCUT2D eigenvalue weighted by atomic mass is 10.0. The van der Waals surface area contributed by atoms with Crippen LogP contribution in [0.25, 0.3) is 10.9 Å². The first kappa shape index (κ1) is 35.6. The van der Waals surface area contributed by atoms with E-state index >= 15 is 0 Å². The van der Waals surface area contributed by atoms with Gasteiger partial charge in [0.25, 0.3) is 5.91 Å². The number of thioether (sulfide) groups is 1. The van der Waals surface area contributed by atoms with Gasteiger partial charge in [0.2, 0.25) is 6.79 Å². The van der Waals surface area contributed by atoms with Crippen molar-refractivity contribution in [1.82, 2.24) is 14.2 Å². The van der Waals surface area contributed by atoms with Gasteiger partial charge in [0, 0.05) is 65.2 Å². The molecule has 0 saturated heterocycles. The Labute approximate surface area is 292 Å². The molecule has 6 nitrogen and oxygen atoms in total. The Balaban J connectivity index is 1.06. The molecule has 1 aliphatic heterocycles. The van der Waals surface area contributed by atoms with E-state index in [2.05, 4.69) is 21.8 Å². The van der Waals surface area contributed by atoms with E-state index < -0.39 is 23.5 Å². The second-order valence-electron chi connectivity index (χ2n) is 11.5. The van der Waals surface area contributed by atoms with E-state index in [0.717, 1.165) is 35.4 Å². The van der Waals surface area contributed by atoms with Gasteiger partial charge in [0.15, 0.2) is 11.5 Å². The Bertz CT molecular complexity index is 1950. The van der Waals surface area contributed by atoms with Gasteiger partial charge < -0.3 is 14.0 Å². The maximum atomic E-state index is 13.7. The van der Waals surface area contributed by atoms with E-state index in [4.69, 9.17) is 9.47 Å². The monoisotopic (exact) mass is 731 g/mol. The number of hydrogen-bond donors (Lipinski definition) is 1. The van der Waals surface area contributed by atoms with Gasteiger partial charge in [-0.15, -0.1) is 11.8 Å². The highest BCUT2D eigenvalue weighted by Crippen LogP contribution is 2.38. The number of alkyl halides is 6. The number of benzene rings is 4. The Morgan fingerprint density at radius 2 is 1.60 bits per heavy atom. The van der Waals surface area contributed by atoms with Crippen LogP contribution in [0, 0.1) is 0 Å². The van der Waals surface area contributed by atoms with E-state index in [0.29, 0.717) is 41.4 Å². The van der Waals surface area contributed by atoms with Gasteiger partial charge in [0.1, 0.15) is 0 Å². The van der Waals surface area contributed by atoms with Crippen LogP contribution in [0.1, 0.15) is 32.6 Å². The lowest BCUT2D eigenvalue weighted by Crippen LogP contribution is -2.29. The summed E-state index contributed by atoms with van der Waals surface area (Å²) >= 11 is 3.05. The van der Waals surface area contributed by atoms with Crippen LogP contribution < -0.4 is 14.2 Å². The summed E-state index contributed by atoms with van der Waals surface area (Å²) < 4.78 is 95.8. The van der Waals surface area contributed by atoms with E-state index in [1.165, 1.54) is 21.4 Å². The van der Waals surface area contributed by atoms with Gasteiger partial charge in [-0.1, -0.05) is 30.3 Å². The zero-order valence-electron chi connectivity index (χ0n) is 26.4. The normalized spacial score (nSPS) is 12.9. The number of carbonyl (C=O) groups is 1. The van der Waals surface area contributed by atoms with Gasteiger partial charge in [-0.3, -0.25) is 14.4 Å². The van der Waals surface area contributed by atoms with E-state index in [1.54, 1.807) is 42.2 Å². The second kappa shape index (κ2) is 15.3. The van der Waals surface area contributed by atoms with Gasteiger partial charge in [-0.2, -0.15) is 26.3 Å². The van der Waals surface area contributed by atoms with Crippen LogP contribution in [0.4, 0.5) is 26.3 Å². The standard InChI is InChI=1S/C36H31F6N3O3S2/c37-35(38,39)28-9-7-27(30(20-28)36(40,41)42)22-45-13-12-25-19-26(8-10-31(25)45)34(46)43-50-17-15-44(14-16-49-29-4-2-1-3-5-29)21-24-6-11-32-33(18-24)48-23-47-32/h1-13,18-20H,14-17,21-23H2,(H,43,46). The minimum Gasteiger partial charge on any atom is -0.454 e. The van der Waals surface area contributed by atoms with Crippen molar-refractivity contribution in [2.24, 2.45) is 0 Å². The molecule has 2 heterocycles. The molecule has 0 saturated carbocycles. The van der Waals surface area contributed by atoms with Crippen molar-refractivity contribution in [2.75, 3.05) is 31.4 Å². The topological polar surface area (TPSA) is 55.7 Å². The molecular weight excluding hydrogens is 701 g/mol. The molecule has 0 aliphatic carbocycles. The summed E-state index contributed by atoms with van der Waals surface area (Å²) in [5.74, 6) is 2.61. The largest absolute Gasteiger partial charge is 0.454 e. The SMILES string of the molecule is O=C(NSCCN(CCSc1ccccc1)Cc1ccc2c(c1)OCO2)c1ccc2c(ccn2Cc2ccc(C(F)(F)F)cc2C(F)(F)F)c1. The summed E-state index contributed by atoms with van der Waals surface area (Å²) in [6.45, 7) is 2.10. The number of halogens is 6. The zero-order chi connectivity index (χ0) is 35.3. The summed E-state index contributed by atoms with van der Waals surface area (Å²) in [4.78, 5) is 16.5. The van der Waals surface area contributed by atoms with Crippen LogP contribution in [0.2, 0.25) is 0 Å². The number of hydrogen-bond acceptors (Lipinski definition) is 6. The van der Waals surface area contributed by atoms with Crippen molar-refractivity contribution >= 4 is 40.5 Å². The molecule has 5 aromatic rings. The third-order valence-electron chi connectivity index (χ3n) is 8.05. The summed E-state index contributed by atoms with van der Waals surface area (Å²) in [6.07, 6.45) is -8.32. The average molecular weight is 732 g/mol. The number of rotatable bonds is 13. The molecule has 0 atom stereocenters. The Morgan fingerprint density at radius 1 is 0.820 bits per heavy atom. The fraction of sp³-hybridized carbons (Fsp3) is 0.250. The fourth-order valence-electron chi connectivity index (χ4n) is 5.54. The smallest absolute Gasteiger partial charge is 0.416 e. The molecule has 14 heteroatoms. The summed E-state index contributed by atoms with van der Waals surface area (Å²) in [6, 6.07) is 24.2. The first-order valence-corrected chi connectivity index (χ1v) is 17.5. The molecule has 6 rings (SSSR count). The van der Waals surface area contributed by atoms with Crippen LogP contribution >= 0.6 is 23.7 Å². The quantitative estimate of drug-likeness (QED) is 0.0565. The van der Waals surface area contributed by atoms with E-state index in [9.17, 15) is 31.1 Å². The highest BCUT2D eigenvalue weighted by Gasteiger charge is 2.38. The maximum absolute atomic E-state index is 13.7. The third kappa shape index (κ3) is 8.90. The lowest BCUT2D eigenvalue weighted by molar-refractivity contribution is -0.143. The van der Waals surface area contributed by atoms with Gasteiger partial charge in [0.05, 0.1) is 11.1 Å². The van der Waals surface area contributed by atoms with Crippen LogP contribution in [0.5, 0.6) is 11.5 Å². The predicted octanol–water partition coefficient (Wildman–Crippen LogP) is 9.13. The number of fused-ring (bicyclic) bond motifs is 2. The van der Waals surface area contributed by atoms with Gasteiger partial charge in [-0.25, -0.2) is 0 Å². The number of ether oxygens (including phenoxy) is 2. The molecule has 1 aromatic heterocycles. The minimum atomic E-state index is -4.97. The van der Waals surface area contributed by atoms with Crippen LogP contribution in [-0.2, 0) is 25.4 Å². The van der Waals surface area contributed by atoms with Crippen molar-refractivity contribution in [2.45, 2.75) is 30.3 Å². The molecule has 0 unspecified atom stereocenters. The predicted molar refractivity (Wildman–Crippen MR) is 182 cm³/mol. The molecule has 1 aliphatic rings. The average Bonchev–Trinajstić information content (AvgIpc) is 3.72. The number of nitrogens with one attached hydrogen (secondary N) is 1. The molecule has 50 heavy (non-hydrogen) atoms. The molecule has 1 N–H and O–H groups in total. The Hall–Kier alpha value is -4.27. The molecule has 0 fully saturated rings. The van der Waals surface area contributed by atoms with Crippen LogP contribution in [-0.4, -0.2) is 46.8 Å². The van der Waals surface area contributed by atoms with Crippen LogP contribution in [0.3, 0.4) is 0 Å². The molecule has 4 aromatic carbocycles. The highest BCUT2D eigenvalue weighted by atomic mass is 32.2. The third-order valence-corrected chi connectivity index (χ3v) is 9.76. The molecule has 1 amide bonds. The molecule has 0 radical (unpaired) electrons. The molecule has 0 bridgehead atoms. The van der Waals surface area contributed by atoms with Gasteiger partial charge >= 0.3 is 12.4 Å². The summed E-state index contributed by atoms with van der Waals surface area (Å²) in [7, 11) is 0. The van der Waals surface area contributed by atoms with Crippen molar-refractivity contribution < 1.29 is 40.6 Å². The molecular formula is C36H31F6N3O3S2. The maximum Gasteiger partial charge on any atom is 0.416 e. The molecule has 0 spiro atoms. The summed E-state index contributed by atoms with van der Waals surface area (Å²) in [5.41, 5.74) is -1.02. The Morgan fingerprint density at radius 3 is 2.38 bits per heavy atom. The highest BCUT2D eigenvalue weighted by molar-refractivity contribution is 7.99. The fourth-order valence-corrected chi connectivity index (χ4v) is 7.18. The number of aromatic nitrogens is 1. The van der Waals surface area contributed by atoms with Crippen LogP contribution in [0.15, 0.2) is 102 Å². The van der Waals surface area contributed by atoms with E-state index in [1.807, 2.05) is 36.4 Å².